The van der Waals surface area contributed by atoms with E-state index in [0.29, 0.717) is 0 Å². The van der Waals surface area contributed by atoms with Crippen LogP contribution in [0.15, 0.2) is 46.9 Å². The summed E-state index contributed by atoms with van der Waals surface area (Å²) in [4.78, 5) is 4.48. The summed E-state index contributed by atoms with van der Waals surface area (Å²) in [6.07, 6.45) is 0. The Morgan fingerprint density at radius 2 is 1.71 bits per heavy atom. The molecule has 1 heterocycles. The molecule has 0 saturated heterocycles. The van der Waals surface area contributed by atoms with Crippen LogP contribution in [0.4, 0.5) is 17.1 Å². The molecule has 3 N–H and O–H groups in total. The molecule has 5 heteroatoms. The highest BCUT2D eigenvalue weighted by Gasteiger charge is 2.24. The molecular weight excluding hydrogens is 328 g/mol. The van der Waals surface area contributed by atoms with Gasteiger partial charge in [-0.05, 0) is 40.2 Å². The maximum atomic E-state index is 7.87. The van der Waals surface area contributed by atoms with Crippen LogP contribution in [-0.2, 0) is 0 Å². The lowest BCUT2D eigenvalue weighted by atomic mass is 10.1. The molecule has 4 nitrogen and oxygen atoms in total. The van der Waals surface area contributed by atoms with Crippen LogP contribution in [0.5, 0.6) is 0 Å². The van der Waals surface area contributed by atoms with Gasteiger partial charge in [0.25, 0.3) is 0 Å². The van der Waals surface area contributed by atoms with Crippen LogP contribution >= 0.6 is 15.9 Å². The Labute approximate surface area is 132 Å². The van der Waals surface area contributed by atoms with E-state index in [1.165, 1.54) is 5.69 Å². The standard InChI is InChI=1S/C16H17BrN4/c1-20-9-10-21(13-7-3-2-6-12(13)20)14-8-4-5-11(17)15(14)16(18)19/h2-8H,9-10H2,1H3,(H3,18,19). The maximum absolute atomic E-state index is 7.87. The Morgan fingerprint density at radius 3 is 2.43 bits per heavy atom. The lowest BCUT2D eigenvalue weighted by Crippen LogP contribution is -2.37. The molecule has 3 rings (SSSR count). The number of benzene rings is 2. The number of nitrogens with one attached hydrogen (secondary N) is 1. The second-order valence-corrected chi connectivity index (χ2v) is 5.96. The number of amidine groups is 1. The van der Waals surface area contributed by atoms with E-state index >= 15 is 0 Å². The minimum Gasteiger partial charge on any atom is -0.384 e. The molecule has 0 fully saturated rings. The number of fused-ring (bicyclic) bond motifs is 1. The van der Waals surface area contributed by atoms with Gasteiger partial charge in [0.2, 0.25) is 0 Å². The van der Waals surface area contributed by atoms with Crippen LogP contribution in [0.2, 0.25) is 0 Å². The van der Waals surface area contributed by atoms with Crippen molar-refractivity contribution >= 4 is 38.8 Å². The highest BCUT2D eigenvalue weighted by atomic mass is 79.9. The van der Waals surface area contributed by atoms with Gasteiger partial charge in [-0.25, -0.2) is 0 Å². The normalized spacial score (nSPS) is 14.0. The number of hydrogen-bond donors (Lipinski definition) is 2. The molecule has 1 aliphatic heterocycles. The molecule has 21 heavy (non-hydrogen) atoms. The van der Waals surface area contributed by atoms with Crippen LogP contribution < -0.4 is 15.5 Å². The molecule has 0 radical (unpaired) electrons. The van der Waals surface area contributed by atoms with Crippen LogP contribution in [-0.4, -0.2) is 26.0 Å². The van der Waals surface area contributed by atoms with E-state index < -0.39 is 0 Å². The van der Waals surface area contributed by atoms with Gasteiger partial charge < -0.3 is 15.5 Å². The van der Waals surface area contributed by atoms with Gasteiger partial charge in [-0.1, -0.05) is 18.2 Å². The molecule has 0 bridgehead atoms. The van der Waals surface area contributed by atoms with Crippen molar-refractivity contribution in [2.75, 3.05) is 29.9 Å². The first-order chi connectivity index (χ1) is 10.1. The lowest BCUT2D eigenvalue weighted by molar-refractivity contribution is 0.821. The summed E-state index contributed by atoms with van der Waals surface area (Å²) >= 11 is 3.51. The lowest BCUT2D eigenvalue weighted by Gasteiger charge is -2.37. The van der Waals surface area contributed by atoms with Gasteiger partial charge in [0, 0.05) is 24.6 Å². The topological polar surface area (TPSA) is 56.4 Å². The van der Waals surface area contributed by atoms with Crippen molar-refractivity contribution in [3.05, 3.63) is 52.5 Å². The van der Waals surface area contributed by atoms with Gasteiger partial charge in [0.05, 0.1) is 22.6 Å². The van der Waals surface area contributed by atoms with E-state index in [-0.39, 0.29) is 5.84 Å². The van der Waals surface area contributed by atoms with Crippen molar-refractivity contribution in [2.24, 2.45) is 5.73 Å². The Bertz CT molecular complexity index is 698. The zero-order chi connectivity index (χ0) is 15.0. The molecule has 2 aromatic carbocycles. The second kappa shape index (κ2) is 5.41. The molecular formula is C16H17BrN4. The average Bonchev–Trinajstić information content (AvgIpc) is 2.47. The number of nitrogens with two attached hydrogens (primary N) is 1. The average molecular weight is 345 g/mol. The summed E-state index contributed by atoms with van der Waals surface area (Å²) in [5, 5.41) is 7.87. The third kappa shape index (κ3) is 2.38. The number of nitrogen functional groups attached to an aromatic ring is 1. The van der Waals surface area contributed by atoms with Crippen LogP contribution in [0.25, 0.3) is 0 Å². The van der Waals surface area contributed by atoms with Gasteiger partial charge in [0.15, 0.2) is 0 Å². The Kier molecular flexibility index (Phi) is 3.59. The van der Waals surface area contributed by atoms with Gasteiger partial charge in [-0.3, -0.25) is 5.41 Å². The number of halogens is 1. The molecule has 0 atom stereocenters. The summed E-state index contributed by atoms with van der Waals surface area (Å²) in [6.45, 7) is 1.80. The SMILES string of the molecule is CN1CCN(c2cccc(Br)c2C(=N)N)c2ccccc21. The van der Waals surface area contributed by atoms with Crippen LogP contribution in [0, 0.1) is 5.41 Å². The summed E-state index contributed by atoms with van der Waals surface area (Å²) in [5.41, 5.74) is 9.84. The van der Waals surface area contributed by atoms with Crippen molar-refractivity contribution < 1.29 is 0 Å². The van der Waals surface area contributed by atoms with Crippen molar-refractivity contribution in [3.63, 3.8) is 0 Å². The summed E-state index contributed by atoms with van der Waals surface area (Å²) in [6, 6.07) is 14.2. The third-order valence-electron chi connectivity index (χ3n) is 3.79. The molecule has 0 unspecified atom stereocenters. The van der Waals surface area contributed by atoms with Crippen molar-refractivity contribution in [1.82, 2.24) is 0 Å². The number of anilines is 3. The van der Waals surface area contributed by atoms with Gasteiger partial charge in [0.1, 0.15) is 5.84 Å². The first-order valence-electron chi connectivity index (χ1n) is 6.80. The van der Waals surface area contributed by atoms with E-state index in [9.17, 15) is 0 Å². The molecule has 0 amide bonds. The number of rotatable bonds is 2. The number of likely N-dealkylation sites (N-methyl/N-ethyl adjacent to an activating group) is 1. The number of nitrogens with zero attached hydrogens (tertiary/aromatic N) is 2. The predicted octanol–water partition coefficient (Wildman–Crippen LogP) is 3.32. The molecule has 1 aliphatic rings. The molecule has 0 saturated carbocycles. The first kappa shape index (κ1) is 13.9. The van der Waals surface area contributed by atoms with Crippen molar-refractivity contribution in [1.29, 1.82) is 5.41 Å². The van der Waals surface area contributed by atoms with Crippen molar-refractivity contribution in [3.8, 4) is 0 Å². The zero-order valence-electron chi connectivity index (χ0n) is 11.8. The minimum absolute atomic E-state index is 0.0777. The van der Waals surface area contributed by atoms with Gasteiger partial charge in [-0.15, -0.1) is 0 Å². The number of para-hydroxylation sites is 2. The summed E-state index contributed by atoms with van der Waals surface area (Å²) in [7, 11) is 2.10. The molecule has 0 aromatic heterocycles. The molecule has 2 aromatic rings. The smallest absolute Gasteiger partial charge is 0.126 e. The summed E-state index contributed by atoms with van der Waals surface area (Å²) < 4.78 is 0.851. The molecule has 0 spiro atoms. The summed E-state index contributed by atoms with van der Waals surface area (Å²) in [5.74, 6) is 0.0777. The highest BCUT2D eigenvalue weighted by Crippen LogP contribution is 2.39. The monoisotopic (exact) mass is 344 g/mol. The van der Waals surface area contributed by atoms with E-state index in [1.54, 1.807) is 0 Å². The Balaban J connectivity index is 2.17. The quantitative estimate of drug-likeness (QED) is 0.649. The second-order valence-electron chi connectivity index (χ2n) is 5.11. The highest BCUT2D eigenvalue weighted by molar-refractivity contribution is 9.10. The maximum Gasteiger partial charge on any atom is 0.126 e. The van der Waals surface area contributed by atoms with E-state index in [2.05, 4.69) is 44.9 Å². The van der Waals surface area contributed by atoms with Gasteiger partial charge >= 0.3 is 0 Å². The van der Waals surface area contributed by atoms with Crippen LogP contribution in [0.3, 0.4) is 0 Å². The van der Waals surface area contributed by atoms with Gasteiger partial charge in [-0.2, -0.15) is 0 Å². The fraction of sp³-hybridized carbons (Fsp3) is 0.188. The minimum atomic E-state index is 0.0777. The molecule has 0 aliphatic carbocycles. The van der Waals surface area contributed by atoms with Crippen LogP contribution in [0.1, 0.15) is 5.56 Å². The zero-order valence-corrected chi connectivity index (χ0v) is 13.4. The fourth-order valence-corrected chi connectivity index (χ4v) is 3.33. The Hall–Kier alpha value is -2.01. The largest absolute Gasteiger partial charge is 0.384 e. The van der Waals surface area contributed by atoms with E-state index in [4.69, 9.17) is 11.1 Å². The predicted molar refractivity (Wildman–Crippen MR) is 91.9 cm³/mol. The Morgan fingerprint density at radius 1 is 1.05 bits per heavy atom. The third-order valence-corrected chi connectivity index (χ3v) is 4.46. The first-order valence-corrected chi connectivity index (χ1v) is 7.59. The molecule has 108 valence electrons. The number of hydrogen-bond acceptors (Lipinski definition) is 3. The van der Waals surface area contributed by atoms with E-state index in [0.717, 1.165) is 34.5 Å². The van der Waals surface area contributed by atoms with E-state index in [1.807, 2.05) is 30.3 Å². The van der Waals surface area contributed by atoms with Crippen molar-refractivity contribution in [2.45, 2.75) is 0 Å². The fourth-order valence-electron chi connectivity index (χ4n) is 2.76.